The highest BCUT2D eigenvalue weighted by Gasteiger charge is 2.01. The van der Waals surface area contributed by atoms with Crippen LogP contribution in [0, 0.1) is 0 Å². The molecule has 2 aromatic rings. The van der Waals surface area contributed by atoms with Crippen molar-refractivity contribution < 1.29 is 14.3 Å². The van der Waals surface area contributed by atoms with Gasteiger partial charge in [-0.05, 0) is 30.7 Å². The van der Waals surface area contributed by atoms with Gasteiger partial charge >= 0.3 is 6.03 Å². The van der Waals surface area contributed by atoms with Crippen LogP contribution in [-0.4, -0.2) is 42.5 Å². The largest absolute Gasteiger partial charge is 0.491 e. The summed E-state index contributed by atoms with van der Waals surface area (Å²) in [7, 11) is 1.63. The molecule has 0 aliphatic heterocycles. The Kier molecular flexibility index (Phi) is 6.93. The Morgan fingerprint density at radius 3 is 2.78 bits per heavy atom. The fourth-order valence-electron chi connectivity index (χ4n) is 1.94. The summed E-state index contributed by atoms with van der Waals surface area (Å²) in [4.78, 5) is 15.7. The number of hydrogen-bond donors (Lipinski definition) is 2. The van der Waals surface area contributed by atoms with E-state index >= 15 is 0 Å². The van der Waals surface area contributed by atoms with Gasteiger partial charge in [0.05, 0.1) is 12.9 Å². The number of urea groups is 1. The van der Waals surface area contributed by atoms with Crippen LogP contribution in [0.2, 0.25) is 0 Å². The molecule has 0 saturated carbocycles. The number of hydrogen-bond acceptors (Lipinski definition) is 4. The van der Waals surface area contributed by atoms with Gasteiger partial charge in [0.15, 0.2) is 0 Å². The van der Waals surface area contributed by atoms with Crippen molar-refractivity contribution >= 4 is 11.7 Å². The summed E-state index contributed by atoms with van der Waals surface area (Å²) in [6, 6.07) is 7.00. The Balaban J connectivity index is 1.64. The number of aromatic nitrogens is 2. The van der Waals surface area contributed by atoms with Crippen LogP contribution in [0.4, 0.5) is 10.5 Å². The molecular weight excluding hydrogens is 296 g/mol. The molecule has 0 unspecified atom stereocenters. The second kappa shape index (κ2) is 9.47. The van der Waals surface area contributed by atoms with Crippen LogP contribution >= 0.6 is 0 Å². The fraction of sp³-hybridized carbons (Fsp3) is 0.375. The first-order valence-corrected chi connectivity index (χ1v) is 7.50. The van der Waals surface area contributed by atoms with Crippen molar-refractivity contribution in [2.75, 3.05) is 32.2 Å². The predicted octanol–water partition coefficient (Wildman–Crippen LogP) is 2.12. The Labute approximate surface area is 135 Å². The number of carbonyl (C=O) groups is 1. The summed E-state index contributed by atoms with van der Waals surface area (Å²) in [5, 5.41) is 5.60. The van der Waals surface area contributed by atoms with E-state index in [0.29, 0.717) is 19.8 Å². The van der Waals surface area contributed by atoms with Crippen molar-refractivity contribution in [3.05, 3.63) is 43.0 Å². The lowest BCUT2D eigenvalue weighted by Gasteiger charge is -2.09. The smallest absolute Gasteiger partial charge is 0.319 e. The monoisotopic (exact) mass is 318 g/mol. The number of imidazole rings is 1. The number of ether oxygens (including phenoxy) is 2. The SMILES string of the molecule is COCCOc1ccc(NC(=O)NCCCn2ccnc2)cc1. The van der Waals surface area contributed by atoms with E-state index in [1.165, 1.54) is 0 Å². The van der Waals surface area contributed by atoms with Crippen LogP contribution in [-0.2, 0) is 11.3 Å². The second-order valence-electron chi connectivity index (χ2n) is 4.90. The first-order valence-electron chi connectivity index (χ1n) is 7.50. The van der Waals surface area contributed by atoms with Gasteiger partial charge in [0, 0.05) is 38.3 Å². The molecule has 1 aromatic heterocycles. The molecule has 7 heteroatoms. The molecule has 0 bridgehead atoms. The fourth-order valence-corrected chi connectivity index (χ4v) is 1.94. The molecule has 2 amide bonds. The molecule has 2 rings (SSSR count). The highest BCUT2D eigenvalue weighted by atomic mass is 16.5. The quantitative estimate of drug-likeness (QED) is 0.694. The van der Waals surface area contributed by atoms with Crippen LogP contribution in [0.15, 0.2) is 43.0 Å². The molecule has 0 spiro atoms. The number of benzene rings is 1. The Hall–Kier alpha value is -2.54. The molecule has 1 heterocycles. The number of aryl methyl sites for hydroxylation is 1. The molecule has 7 nitrogen and oxygen atoms in total. The molecule has 124 valence electrons. The lowest BCUT2D eigenvalue weighted by atomic mass is 10.3. The van der Waals surface area contributed by atoms with Crippen molar-refractivity contribution in [2.45, 2.75) is 13.0 Å². The molecular formula is C16H22N4O3. The van der Waals surface area contributed by atoms with Gasteiger partial charge in [0.1, 0.15) is 12.4 Å². The number of anilines is 1. The third kappa shape index (κ3) is 6.39. The third-order valence-electron chi connectivity index (χ3n) is 3.11. The van der Waals surface area contributed by atoms with E-state index in [-0.39, 0.29) is 6.03 Å². The van der Waals surface area contributed by atoms with Gasteiger partial charge in [-0.2, -0.15) is 0 Å². The lowest BCUT2D eigenvalue weighted by Crippen LogP contribution is -2.30. The van der Waals surface area contributed by atoms with Gasteiger partial charge in [-0.15, -0.1) is 0 Å². The number of amides is 2. The van der Waals surface area contributed by atoms with E-state index in [2.05, 4.69) is 15.6 Å². The van der Waals surface area contributed by atoms with Crippen LogP contribution in [0.25, 0.3) is 0 Å². The molecule has 1 aromatic carbocycles. The van der Waals surface area contributed by atoms with Gasteiger partial charge < -0.3 is 24.7 Å². The van der Waals surface area contributed by atoms with Crippen molar-refractivity contribution in [2.24, 2.45) is 0 Å². The highest BCUT2D eigenvalue weighted by molar-refractivity contribution is 5.89. The summed E-state index contributed by atoms with van der Waals surface area (Å²) < 4.78 is 12.3. The molecule has 0 aliphatic rings. The van der Waals surface area contributed by atoms with E-state index < -0.39 is 0 Å². The van der Waals surface area contributed by atoms with Gasteiger partial charge in [-0.1, -0.05) is 0 Å². The molecule has 0 radical (unpaired) electrons. The molecule has 0 fully saturated rings. The normalized spacial score (nSPS) is 10.3. The van der Waals surface area contributed by atoms with Crippen LogP contribution < -0.4 is 15.4 Å². The summed E-state index contributed by atoms with van der Waals surface area (Å²) in [6.07, 6.45) is 6.24. The van der Waals surface area contributed by atoms with E-state index in [1.807, 2.05) is 22.9 Å². The standard InChI is InChI=1S/C16H22N4O3/c1-22-11-12-23-15-5-3-14(4-6-15)19-16(21)18-7-2-9-20-10-8-17-13-20/h3-6,8,10,13H,2,7,9,11-12H2,1H3,(H2,18,19,21). The van der Waals surface area contributed by atoms with Crippen LogP contribution in [0.1, 0.15) is 6.42 Å². The molecule has 23 heavy (non-hydrogen) atoms. The van der Waals surface area contributed by atoms with Gasteiger partial charge in [-0.25, -0.2) is 9.78 Å². The Morgan fingerprint density at radius 2 is 2.09 bits per heavy atom. The summed E-state index contributed by atoms with van der Waals surface area (Å²) in [5.74, 6) is 0.744. The average Bonchev–Trinajstić information content (AvgIpc) is 3.07. The second-order valence-corrected chi connectivity index (χ2v) is 4.90. The van der Waals surface area contributed by atoms with E-state index in [9.17, 15) is 4.79 Å². The number of methoxy groups -OCH3 is 1. The number of nitrogens with zero attached hydrogens (tertiary/aromatic N) is 2. The first-order chi connectivity index (χ1) is 11.3. The zero-order chi connectivity index (χ0) is 16.3. The van der Waals surface area contributed by atoms with Crippen molar-refractivity contribution in [1.29, 1.82) is 0 Å². The summed E-state index contributed by atoms with van der Waals surface area (Å²) in [6.45, 7) is 2.47. The van der Waals surface area contributed by atoms with Crippen LogP contribution in [0.3, 0.4) is 0 Å². The van der Waals surface area contributed by atoms with Crippen molar-refractivity contribution in [1.82, 2.24) is 14.9 Å². The number of nitrogens with one attached hydrogen (secondary N) is 2. The highest BCUT2D eigenvalue weighted by Crippen LogP contribution is 2.15. The lowest BCUT2D eigenvalue weighted by molar-refractivity contribution is 0.146. The van der Waals surface area contributed by atoms with E-state index in [4.69, 9.17) is 9.47 Å². The minimum Gasteiger partial charge on any atom is -0.491 e. The van der Waals surface area contributed by atoms with Crippen LogP contribution in [0.5, 0.6) is 5.75 Å². The van der Waals surface area contributed by atoms with E-state index in [1.54, 1.807) is 31.8 Å². The predicted molar refractivity (Wildman–Crippen MR) is 87.7 cm³/mol. The first kappa shape index (κ1) is 16.8. The van der Waals surface area contributed by atoms with Gasteiger partial charge in [-0.3, -0.25) is 0 Å². The van der Waals surface area contributed by atoms with Gasteiger partial charge in [0.2, 0.25) is 0 Å². The maximum absolute atomic E-state index is 11.8. The maximum Gasteiger partial charge on any atom is 0.319 e. The average molecular weight is 318 g/mol. The number of carbonyl (C=O) groups excluding carboxylic acids is 1. The topological polar surface area (TPSA) is 77.4 Å². The zero-order valence-electron chi connectivity index (χ0n) is 13.2. The van der Waals surface area contributed by atoms with E-state index in [0.717, 1.165) is 24.4 Å². The Morgan fingerprint density at radius 1 is 1.26 bits per heavy atom. The summed E-state index contributed by atoms with van der Waals surface area (Å²) in [5.41, 5.74) is 0.719. The minimum absolute atomic E-state index is 0.219. The molecule has 0 saturated heterocycles. The Bertz CT molecular complexity index is 570. The third-order valence-corrected chi connectivity index (χ3v) is 3.11. The molecule has 0 aliphatic carbocycles. The van der Waals surface area contributed by atoms with Crippen molar-refractivity contribution in [3.8, 4) is 5.75 Å². The summed E-state index contributed by atoms with van der Waals surface area (Å²) >= 11 is 0. The molecule has 0 atom stereocenters. The van der Waals surface area contributed by atoms with Gasteiger partial charge in [0.25, 0.3) is 0 Å². The van der Waals surface area contributed by atoms with Crippen molar-refractivity contribution in [3.63, 3.8) is 0 Å². The minimum atomic E-state index is -0.219. The number of rotatable bonds is 9. The molecule has 2 N–H and O–H groups in total. The zero-order valence-corrected chi connectivity index (χ0v) is 13.2. The maximum atomic E-state index is 11.8.